The summed E-state index contributed by atoms with van der Waals surface area (Å²) in [7, 11) is 0. The van der Waals surface area contributed by atoms with Gasteiger partial charge in [0, 0.05) is 23.3 Å². The fourth-order valence-electron chi connectivity index (χ4n) is 2.24. The van der Waals surface area contributed by atoms with Gasteiger partial charge >= 0.3 is 0 Å². The molecule has 0 N–H and O–H groups in total. The highest BCUT2D eigenvalue weighted by atomic mass is 35.5. The number of amides is 1. The fraction of sp³-hybridized carbons (Fsp3) is 0.0526. The van der Waals surface area contributed by atoms with Gasteiger partial charge < -0.3 is 4.57 Å². The van der Waals surface area contributed by atoms with E-state index < -0.39 is 0 Å². The van der Waals surface area contributed by atoms with E-state index in [-0.39, 0.29) is 5.91 Å². The Hall–Kier alpha value is -2.65. The molecular weight excluding hydrogens is 308 g/mol. The molecule has 1 heterocycles. The number of carbonyl (C=O) groups excluding carboxylic acids is 1. The molecule has 0 atom stereocenters. The predicted octanol–water partition coefficient (Wildman–Crippen LogP) is 3.93. The van der Waals surface area contributed by atoms with Crippen molar-refractivity contribution in [3.05, 3.63) is 101 Å². The maximum Gasteiger partial charge on any atom is 0.278 e. The minimum atomic E-state index is -0.283. The zero-order valence-corrected chi connectivity index (χ0v) is 13.1. The van der Waals surface area contributed by atoms with Gasteiger partial charge in [-0.1, -0.05) is 48.0 Å². The Balaban J connectivity index is 1.93. The minimum Gasteiger partial charge on any atom is -0.328 e. The third-order valence-electron chi connectivity index (χ3n) is 3.42. The van der Waals surface area contributed by atoms with Crippen LogP contribution in [0.3, 0.4) is 0 Å². The third-order valence-corrected chi connectivity index (χ3v) is 3.67. The highest BCUT2D eigenvalue weighted by molar-refractivity contribution is 6.30. The Kier molecular flexibility index (Phi) is 4.69. The first-order chi connectivity index (χ1) is 11.2. The van der Waals surface area contributed by atoms with Crippen LogP contribution < -0.4 is 5.49 Å². The van der Waals surface area contributed by atoms with Gasteiger partial charge in [0.25, 0.3) is 5.91 Å². The summed E-state index contributed by atoms with van der Waals surface area (Å²) >= 11 is 5.85. The average Bonchev–Trinajstić information content (AvgIpc) is 2.58. The van der Waals surface area contributed by atoms with Crippen LogP contribution in [0.1, 0.15) is 15.9 Å². The highest BCUT2D eigenvalue weighted by Crippen LogP contribution is 2.10. The van der Waals surface area contributed by atoms with E-state index in [1.54, 1.807) is 24.3 Å². The number of carbonyl (C=O) groups is 1. The molecule has 0 radical (unpaired) electrons. The lowest BCUT2D eigenvalue weighted by atomic mass is 10.2. The van der Waals surface area contributed by atoms with Gasteiger partial charge in [0.1, 0.15) is 5.49 Å². The summed E-state index contributed by atoms with van der Waals surface area (Å²) in [5.74, 6) is -0.283. The van der Waals surface area contributed by atoms with Gasteiger partial charge in [0.15, 0.2) is 0 Å². The molecule has 1 aromatic heterocycles. The second-order valence-corrected chi connectivity index (χ2v) is 5.53. The van der Waals surface area contributed by atoms with E-state index >= 15 is 0 Å². The largest absolute Gasteiger partial charge is 0.328 e. The lowest BCUT2D eigenvalue weighted by molar-refractivity contribution is 0.0997. The molecule has 0 aliphatic rings. The maximum atomic E-state index is 12.3. The number of halogens is 1. The molecule has 0 saturated carbocycles. The van der Waals surface area contributed by atoms with E-state index in [1.807, 2.05) is 59.3 Å². The molecule has 0 bridgehead atoms. The van der Waals surface area contributed by atoms with Crippen LogP contribution in [0.2, 0.25) is 5.02 Å². The second-order valence-electron chi connectivity index (χ2n) is 5.10. The molecular formula is C19H15ClN2O. The molecule has 0 spiro atoms. The van der Waals surface area contributed by atoms with Gasteiger partial charge in [0.05, 0.1) is 0 Å². The third kappa shape index (κ3) is 3.96. The summed E-state index contributed by atoms with van der Waals surface area (Å²) in [5.41, 5.74) is 2.29. The number of nitrogens with zero attached hydrogens (tertiary/aromatic N) is 2. The van der Waals surface area contributed by atoms with Gasteiger partial charge in [0.2, 0.25) is 0 Å². The smallest absolute Gasteiger partial charge is 0.278 e. The van der Waals surface area contributed by atoms with Crippen molar-refractivity contribution in [1.82, 2.24) is 4.57 Å². The lowest BCUT2D eigenvalue weighted by Gasteiger charge is -2.07. The molecule has 0 aliphatic heterocycles. The number of hydrogen-bond donors (Lipinski definition) is 0. The van der Waals surface area contributed by atoms with Gasteiger partial charge in [-0.05, 0) is 42.0 Å². The Morgan fingerprint density at radius 2 is 1.61 bits per heavy atom. The second kappa shape index (κ2) is 7.07. The van der Waals surface area contributed by atoms with Crippen LogP contribution in [-0.4, -0.2) is 10.5 Å². The van der Waals surface area contributed by atoms with E-state index in [0.717, 1.165) is 5.56 Å². The van der Waals surface area contributed by atoms with Gasteiger partial charge in [-0.2, -0.15) is 4.99 Å². The van der Waals surface area contributed by atoms with E-state index in [0.29, 0.717) is 22.6 Å². The van der Waals surface area contributed by atoms with Crippen LogP contribution in [0.5, 0.6) is 0 Å². The molecule has 3 nitrogen and oxygen atoms in total. The molecule has 114 valence electrons. The molecule has 3 aromatic rings. The number of rotatable bonds is 3. The van der Waals surface area contributed by atoms with Crippen LogP contribution in [0.4, 0.5) is 0 Å². The monoisotopic (exact) mass is 322 g/mol. The van der Waals surface area contributed by atoms with Crippen LogP contribution in [0.25, 0.3) is 0 Å². The first-order valence-electron chi connectivity index (χ1n) is 7.26. The highest BCUT2D eigenvalue weighted by Gasteiger charge is 2.04. The van der Waals surface area contributed by atoms with E-state index in [2.05, 4.69) is 4.99 Å². The average molecular weight is 323 g/mol. The van der Waals surface area contributed by atoms with E-state index in [1.165, 1.54) is 0 Å². The van der Waals surface area contributed by atoms with Gasteiger partial charge in [-0.3, -0.25) is 4.79 Å². The SMILES string of the molecule is O=C(N=c1ccccn1Cc1ccccc1)c1ccc(Cl)cc1. The van der Waals surface area contributed by atoms with Crippen molar-refractivity contribution in [2.24, 2.45) is 4.99 Å². The first kappa shape index (κ1) is 15.3. The molecule has 0 fully saturated rings. The first-order valence-corrected chi connectivity index (χ1v) is 7.64. The summed E-state index contributed by atoms with van der Waals surface area (Å²) in [4.78, 5) is 16.5. The summed E-state index contributed by atoms with van der Waals surface area (Å²) in [6.45, 7) is 0.661. The van der Waals surface area contributed by atoms with Crippen molar-refractivity contribution in [2.75, 3.05) is 0 Å². The Morgan fingerprint density at radius 3 is 2.35 bits per heavy atom. The molecule has 0 unspecified atom stereocenters. The molecule has 2 aromatic carbocycles. The van der Waals surface area contributed by atoms with Crippen LogP contribution in [-0.2, 0) is 6.54 Å². The van der Waals surface area contributed by atoms with Crippen molar-refractivity contribution in [3.63, 3.8) is 0 Å². The van der Waals surface area contributed by atoms with Crippen molar-refractivity contribution in [2.45, 2.75) is 6.54 Å². The predicted molar refractivity (Wildman–Crippen MR) is 91.3 cm³/mol. The van der Waals surface area contributed by atoms with E-state index in [4.69, 9.17) is 11.6 Å². The zero-order chi connectivity index (χ0) is 16.1. The number of pyridine rings is 1. The van der Waals surface area contributed by atoms with Crippen LogP contribution in [0, 0.1) is 0 Å². The molecule has 23 heavy (non-hydrogen) atoms. The Labute approximate surface area is 139 Å². The normalized spacial score (nSPS) is 11.4. The van der Waals surface area contributed by atoms with Crippen LogP contribution >= 0.6 is 11.6 Å². The Morgan fingerprint density at radius 1 is 0.913 bits per heavy atom. The zero-order valence-electron chi connectivity index (χ0n) is 12.4. The van der Waals surface area contributed by atoms with Crippen molar-refractivity contribution in [1.29, 1.82) is 0 Å². The fourth-order valence-corrected chi connectivity index (χ4v) is 2.37. The number of hydrogen-bond acceptors (Lipinski definition) is 1. The number of benzene rings is 2. The van der Waals surface area contributed by atoms with Crippen molar-refractivity contribution in [3.8, 4) is 0 Å². The molecule has 4 heteroatoms. The summed E-state index contributed by atoms with van der Waals surface area (Å²) in [5, 5.41) is 0.598. The van der Waals surface area contributed by atoms with Gasteiger partial charge in [-0.25, -0.2) is 0 Å². The molecule has 1 amide bonds. The van der Waals surface area contributed by atoms with Crippen molar-refractivity contribution < 1.29 is 4.79 Å². The quantitative estimate of drug-likeness (QED) is 0.719. The topological polar surface area (TPSA) is 34.4 Å². The summed E-state index contributed by atoms with van der Waals surface area (Å²) in [6, 6.07) is 22.4. The van der Waals surface area contributed by atoms with Crippen molar-refractivity contribution >= 4 is 17.5 Å². The molecule has 0 aliphatic carbocycles. The lowest BCUT2D eigenvalue weighted by Crippen LogP contribution is -2.22. The number of aromatic nitrogens is 1. The molecule has 0 saturated heterocycles. The summed E-state index contributed by atoms with van der Waals surface area (Å²) < 4.78 is 1.95. The van der Waals surface area contributed by atoms with Crippen LogP contribution in [0.15, 0.2) is 84.0 Å². The maximum absolute atomic E-state index is 12.3. The standard InChI is InChI=1S/C19H15ClN2O/c20-17-11-9-16(10-12-17)19(23)21-18-8-4-5-13-22(18)14-15-6-2-1-3-7-15/h1-13H,14H2. The Bertz CT molecular complexity index is 868. The minimum absolute atomic E-state index is 0.283. The van der Waals surface area contributed by atoms with Gasteiger partial charge in [-0.15, -0.1) is 0 Å². The molecule has 3 rings (SSSR count). The van der Waals surface area contributed by atoms with E-state index in [9.17, 15) is 4.79 Å². The summed E-state index contributed by atoms with van der Waals surface area (Å²) in [6.07, 6.45) is 1.92.